The molecule has 3 rings (SSSR count). The highest BCUT2D eigenvalue weighted by Crippen LogP contribution is 2.34. The Bertz CT molecular complexity index is 1120. The number of aromatic carboxylic acids is 2. The van der Waals surface area contributed by atoms with Gasteiger partial charge in [-0.25, -0.2) is 18.0 Å². The molecule has 1 amide bonds. The van der Waals surface area contributed by atoms with Crippen molar-refractivity contribution >= 4 is 51.0 Å². The molecule has 0 unspecified atom stereocenters. The average molecular weight is 499 g/mol. The summed E-state index contributed by atoms with van der Waals surface area (Å²) in [6, 6.07) is 9.70. The molecule has 0 bridgehead atoms. The Labute approximate surface area is 193 Å². The lowest BCUT2D eigenvalue weighted by Gasteiger charge is -2.33. The molecule has 9 nitrogen and oxygen atoms in total. The van der Waals surface area contributed by atoms with Crippen LogP contribution in [-0.4, -0.2) is 77.6 Å². The van der Waals surface area contributed by atoms with Gasteiger partial charge in [0.2, 0.25) is 5.91 Å². The van der Waals surface area contributed by atoms with E-state index in [1.807, 2.05) is 30.3 Å². The number of thioether (sulfide) groups is 1. The number of piperazine rings is 1. The van der Waals surface area contributed by atoms with Gasteiger partial charge in [0.25, 0.3) is 10.0 Å². The molecule has 12 heteroatoms. The second-order valence-corrected chi connectivity index (χ2v) is 11.3. The molecular formula is C20H22N2O7S3. The number of sulfonamides is 1. The first-order valence-corrected chi connectivity index (χ1v) is 12.9. The van der Waals surface area contributed by atoms with Crippen molar-refractivity contribution in [2.75, 3.05) is 31.9 Å². The number of carboxylic acids is 2. The molecule has 32 heavy (non-hydrogen) atoms. The fraction of sp³-hybridized carbons (Fsp3) is 0.350. The van der Waals surface area contributed by atoms with Gasteiger partial charge in [-0.05, 0) is 24.6 Å². The summed E-state index contributed by atoms with van der Waals surface area (Å²) < 4.78 is 26.8. The molecule has 1 aliphatic rings. The monoisotopic (exact) mass is 498 g/mol. The van der Waals surface area contributed by atoms with Crippen molar-refractivity contribution < 1.29 is 33.0 Å². The van der Waals surface area contributed by atoms with Crippen LogP contribution >= 0.6 is 23.1 Å². The summed E-state index contributed by atoms with van der Waals surface area (Å²) in [6.45, 7) is 1.68. The van der Waals surface area contributed by atoms with E-state index in [9.17, 15) is 33.0 Å². The first kappa shape index (κ1) is 24.2. The average Bonchev–Trinajstić information content (AvgIpc) is 3.13. The van der Waals surface area contributed by atoms with E-state index in [1.54, 1.807) is 16.7 Å². The van der Waals surface area contributed by atoms with Crippen LogP contribution in [0.3, 0.4) is 0 Å². The summed E-state index contributed by atoms with van der Waals surface area (Å²) in [7, 11) is -4.21. The highest BCUT2D eigenvalue weighted by molar-refractivity contribution is 7.99. The van der Waals surface area contributed by atoms with Crippen molar-refractivity contribution in [3.8, 4) is 0 Å². The standard InChI is InChI=1S/C20H22N2O7S3/c1-13-16(18(24)25)20(31-17(13)19(26)27)32(28,29)22-10-8-21(9-11-22)15(23)7-12-30-14-5-3-2-4-6-14/h2-6H,7-12H2,1H3,(H,24,25)(H,26,27). The maximum Gasteiger partial charge on any atom is 0.346 e. The zero-order valence-corrected chi connectivity index (χ0v) is 19.6. The van der Waals surface area contributed by atoms with E-state index in [1.165, 1.54) is 6.92 Å². The van der Waals surface area contributed by atoms with E-state index in [0.29, 0.717) is 23.5 Å². The van der Waals surface area contributed by atoms with E-state index in [4.69, 9.17) is 0 Å². The third kappa shape index (κ3) is 5.14. The molecule has 1 aromatic carbocycles. The van der Waals surface area contributed by atoms with Crippen LogP contribution in [0.1, 0.15) is 32.0 Å². The van der Waals surface area contributed by atoms with Crippen LogP contribution in [0.4, 0.5) is 0 Å². The Balaban J connectivity index is 1.64. The minimum absolute atomic E-state index is 0.0122. The number of carboxylic acid groups (broad SMARTS) is 2. The van der Waals surface area contributed by atoms with Crippen molar-refractivity contribution in [1.82, 2.24) is 9.21 Å². The summed E-state index contributed by atoms with van der Waals surface area (Å²) in [5.74, 6) is -2.33. The number of rotatable bonds is 8. The molecule has 172 valence electrons. The van der Waals surface area contributed by atoms with Gasteiger partial charge < -0.3 is 15.1 Å². The maximum atomic E-state index is 13.1. The zero-order valence-electron chi connectivity index (χ0n) is 17.2. The number of nitrogens with zero attached hydrogens (tertiary/aromatic N) is 2. The van der Waals surface area contributed by atoms with Crippen LogP contribution in [-0.2, 0) is 14.8 Å². The lowest BCUT2D eigenvalue weighted by atomic mass is 10.2. The molecule has 0 saturated carbocycles. The Kier molecular flexibility index (Phi) is 7.59. The number of carbonyl (C=O) groups is 3. The molecule has 1 saturated heterocycles. The van der Waals surface area contributed by atoms with Gasteiger partial charge >= 0.3 is 11.9 Å². The predicted octanol–water partition coefficient (Wildman–Crippen LogP) is 2.47. The van der Waals surface area contributed by atoms with Crippen molar-refractivity contribution in [3.05, 3.63) is 46.3 Å². The minimum atomic E-state index is -4.21. The number of carbonyl (C=O) groups excluding carboxylic acids is 1. The van der Waals surface area contributed by atoms with E-state index >= 15 is 0 Å². The van der Waals surface area contributed by atoms with Gasteiger partial charge in [0.05, 0.1) is 5.56 Å². The molecule has 0 radical (unpaired) electrons. The van der Waals surface area contributed by atoms with Crippen LogP contribution < -0.4 is 0 Å². The number of hydrogen-bond donors (Lipinski definition) is 2. The molecule has 0 aliphatic carbocycles. The second kappa shape index (κ2) is 10.0. The van der Waals surface area contributed by atoms with Gasteiger partial charge in [0, 0.05) is 43.2 Å². The molecule has 2 N–H and O–H groups in total. The Morgan fingerprint density at radius 1 is 1.03 bits per heavy atom. The van der Waals surface area contributed by atoms with Gasteiger partial charge in [-0.15, -0.1) is 23.1 Å². The third-order valence-electron chi connectivity index (χ3n) is 5.02. The molecule has 1 aromatic heterocycles. The molecule has 2 aromatic rings. The molecule has 1 aliphatic heterocycles. The molecule has 1 fully saturated rings. The molecule has 0 atom stereocenters. The lowest BCUT2D eigenvalue weighted by Crippen LogP contribution is -2.50. The fourth-order valence-electron chi connectivity index (χ4n) is 3.35. The van der Waals surface area contributed by atoms with Crippen LogP contribution in [0.25, 0.3) is 0 Å². The fourth-order valence-corrected chi connectivity index (χ4v) is 7.44. The first-order valence-electron chi connectivity index (χ1n) is 9.68. The highest BCUT2D eigenvalue weighted by atomic mass is 32.2. The van der Waals surface area contributed by atoms with Crippen molar-refractivity contribution in [2.24, 2.45) is 0 Å². The van der Waals surface area contributed by atoms with Gasteiger partial charge in [-0.3, -0.25) is 4.79 Å². The molecule has 2 heterocycles. The summed E-state index contributed by atoms with van der Waals surface area (Å²) in [6.07, 6.45) is 0.321. The lowest BCUT2D eigenvalue weighted by molar-refractivity contribution is -0.131. The Morgan fingerprint density at radius 3 is 2.22 bits per heavy atom. The van der Waals surface area contributed by atoms with E-state index in [2.05, 4.69) is 0 Å². The number of amides is 1. The number of benzene rings is 1. The van der Waals surface area contributed by atoms with Crippen molar-refractivity contribution in [1.29, 1.82) is 0 Å². The minimum Gasteiger partial charge on any atom is -0.478 e. The number of hydrogen-bond acceptors (Lipinski definition) is 7. The maximum absolute atomic E-state index is 13.1. The molecule has 0 spiro atoms. The Hall–Kier alpha value is -2.41. The van der Waals surface area contributed by atoms with Gasteiger partial charge in [0.1, 0.15) is 4.88 Å². The molecular weight excluding hydrogens is 476 g/mol. The van der Waals surface area contributed by atoms with Crippen LogP contribution in [0, 0.1) is 6.92 Å². The zero-order chi connectivity index (χ0) is 23.5. The van der Waals surface area contributed by atoms with Crippen LogP contribution in [0.2, 0.25) is 0 Å². The van der Waals surface area contributed by atoms with E-state index in [-0.39, 0.29) is 42.5 Å². The highest BCUT2D eigenvalue weighted by Gasteiger charge is 2.37. The normalized spacial score (nSPS) is 15.0. The van der Waals surface area contributed by atoms with Crippen molar-refractivity contribution in [2.45, 2.75) is 22.4 Å². The first-order chi connectivity index (χ1) is 15.1. The Morgan fingerprint density at radius 2 is 1.66 bits per heavy atom. The topological polar surface area (TPSA) is 132 Å². The van der Waals surface area contributed by atoms with E-state index in [0.717, 1.165) is 9.20 Å². The SMILES string of the molecule is Cc1c(C(=O)O)sc(S(=O)(=O)N2CCN(C(=O)CCSc3ccccc3)CC2)c1C(=O)O. The number of thiophene rings is 1. The summed E-state index contributed by atoms with van der Waals surface area (Å²) in [4.78, 5) is 37.8. The van der Waals surface area contributed by atoms with Gasteiger partial charge in [-0.1, -0.05) is 18.2 Å². The van der Waals surface area contributed by atoms with Crippen LogP contribution in [0.15, 0.2) is 39.4 Å². The summed E-state index contributed by atoms with van der Waals surface area (Å²) in [5, 5.41) is 18.7. The van der Waals surface area contributed by atoms with Gasteiger partial charge in [0.15, 0.2) is 4.21 Å². The second-order valence-electron chi connectivity index (χ2n) is 7.03. The van der Waals surface area contributed by atoms with Crippen LogP contribution in [0.5, 0.6) is 0 Å². The smallest absolute Gasteiger partial charge is 0.346 e. The quantitative estimate of drug-likeness (QED) is 0.531. The summed E-state index contributed by atoms with van der Waals surface area (Å²) >= 11 is 2.02. The van der Waals surface area contributed by atoms with Gasteiger partial charge in [-0.2, -0.15) is 4.31 Å². The largest absolute Gasteiger partial charge is 0.478 e. The summed E-state index contributed by atoms with van der Waals surface area (Å²) in [5.41, 5.74) is -0.595. The predicted molar refractivity (Wildman–Crippen MR) is 120 cm³/mol. The van der Waals surface area contributed by atoms with Crippen molar-refractivity contribution in [3.63, 3.8) is 0 Å². The third-order valence-corrected chi connectivity index (χ3v) is 9.70. The van der Waals surface area contributed by atoms with E-state index < -0.39 is 31.7 Å².